The average Bonchev–Trinajstić information content (AvgIpc) is 3.81. The number of unbranched alkanes of at least 4 members (excludes halogenated alkanes) is 2. The van der Waals surface area contributed by atoms with E-state index in [-0.39, 0.29) is 79.0 Å². The Morgan fingerprint density at radius 3 is 2.50 bits per heavy atom. The maximum atomic E-state index is 12.1. The number of aliphatic hydroxyl groups excluding tert-OH is 2. The smallest absolute Gasteiger partial charge is 0.412 e. The summed E-state index contributed by atoms with van der Waals surface area (Å²) in [6, 6.07) is 0.112. The molecule has 0 saturated carbocycles. The van der Waals surface area contributed by atoms with Gasteiger partial charge in [-0.25, -0.2) is 9.59 Å². The third-order valence-electron chi connectivity index (χ3n) is 9.13. The number of fused-ring (bicyclic) bond motifs is 5. The number of amides is 2. The Morgan fingerprint density at radius 2 is 1.81 bits per heavy atom. The minimum atomic E-state index is -0.873. The van der Waals surface area contributed by atoms with E-state index in [2.05, 4.69) is 24.1 Å². The minimum absolute atomic E-state index is 0.00114. The van der Waals surface area contributed by atoms with Crippen LogP contribution in [-0.2, 0) is 33.2 Å². The Balaban J connectivity index is 0.000000189. The van der Waals surface area contributed by atoms with Crippen molar-refractivity contribution in [3.63, 3.8) is 0 Å². The van der Waals surface area contributed by atoms with Gasteiger partial charge in [0, 0.05) is 46.5 Å². The van der Waals surface area contributed by atoms with Crippen molar-refractivity contribution in [2.75, 3.05) is 51.1 Å². The maximum Gasteiger partial charge on any atom is 0.412 e. The molecule has 0 aromatic heterocycles. The number of cyclic esters (lactones) is 1. The Bertz CT molecular complexity index is 1270. The van der Waals surface area contributed by atoms with Gasteiger partial charge in [0.1, 0.15) is 6.61 Å². The van der Waals surface area contributed by atoms with Gasteiger partial charge >= 0.3 is 18.2 Å². The van der Waals surface area contributed by atoms with Crippen LogP contribution in [0.25, 0.3) is 0 Å². The summed E-state index contributed by atoms with van der Waals surface area (Å²) in [6.45, 7) is 9.42. The molecular weight excluding hydrogens is 665 g/mol. The van der Waals surface area contributed by atoms with Crippen LogP contribution in [0.5, 0.6) is 0 Å². The second kappa shape index (κ2) is 15.4. The standard InChI is InChI=1S/C18H25NO5S.C15H23NO6S/c1-16(2)19-13(9-25-16)14(24-15(19)20)7-5-4-6-8-18-21-10-17(3,11-22-18)12-23-18;1-15(7-17,8-18)9-21-12(19)5-3-2-4-11-13-10(6-23-11)16-14(20)22-13/h13-14H,4,6,8-12H2,1-3H3;4,10,13,17-18H,2-3,5-9H2,1H3,(H,16,20)/t13-,14+,17?,18?;10?,13-/m00/s1. The maximum absolute atomic E-state index is 12.1. The molecule has 13 nitrogen and oxygen atoms in total. The van der Waals surface area contributed by atoms with E-state index in [0.717, 1.165) is 22.8 Å². The predicted molar refractivity (Wildman–Crippen MR) is 178 cm³/mol. The van der Waals surface area contributed by atoms with E-state index in [0.29, 0.717) is 45.5 Å². The molecule has 7 rings (SSSR count). The van der Waals surface area contributed by atoms with Crippen molar-refractivity contribution >= 4 is 41.7 Å². The quantitative estimate of drug-likeness (QED) is 0.124. The molecule has 48 heavy (non-hydrogen) atoms. The monoisotopic (exact) mass is 712 g/mol. The van der Waals surface area contributed by atoms with Gasteiger partial charge in [-0.3, -0.25) is 9.69 Å². The van der Waals surface area contributed by atoms with Crippen LogP contribution in [0, 0.1) is 22.7 Å². The Morgan fingerprint density at radius 1 is 1.10 bits per heavy atom. The lowest BCUT2D eigenvalue weighted by molar-refractivity contribution is -0.467. The number of aliphatic hydroxyl groups is 2. The van der Waals surface area contributed by atoms with Gasteiger partial charge in [0.15, 0.2) is 12.2 Å². The lowest BCUT2D eigenvalue weighted by Gasteiger charge is -2.50. The topological polar surface area (TPSA) is 162 Å². The van der Waals surface area contributed by atoms with Crippen LogP contribution in [-0.4, -0.2) is 120 Å². The van der Waals surface area contributed by atoms with E-state index in [9.17, 15) is 14.4 Å². The van der Waals surface area contributed by atoms with E-state index in [1.54, 1.807) is 30.4 Å². The predicted octanol–water partition coefficient (Wildman–Crippen LogP) is 3.37. The first-order chi connectivity index (χ1) is 22.8. The zero-order chi connectivity index (χ0) is 34.6. The van der Waals surface area contributed by atoms with Gasteiger partial charge in [-0.15, -0.1) is 23.5 Å². The second-order valence-electron chi connectivity index (χ2n) is 14.2. The van der Waals surface area contributed by atoms with Crippen molar-refractivity contribution in [2.45, 2.75) is 101 Å². The fraction of sp³-hybridized carbons (Fsp3) is 0.788. The Hall–Kier alpha value is -2.19. The molecule has 7 fully saturated rings. The number of thioether (sulfide) groups is 2. The van der Waals surface area contributed by atoms with Crippen molar-refractivity contribution in [3.8, 4) is 11.8 Å². The number of hydrogen-bond acceptors (Lipinski definition) is 13. The molecule has 7 aliphatic heterocycles. The largest absolute Gasteiger partial charge is 0.465 e. The molecule has 4 atom stereocenters. The molecule has 0 spiro atoms. The molecule has 7 saturated heterocycles. The van der Waals surface area contributed by atoms with Crippen molar-refractivity contribution in [1.29, 1.82) is 0 Å². The number of alkyl carbamates (subject to hydrolysis) is 1. The lowest BCUT2D eigenvalue weighted by Crippen LogP contribution is -2.58. The number of nitrogens with zero attached hydrogens (tertiary/aromatic N) is 1. The molecule has 2 bridgehead atoms. The van der Waals surface area contributed by atoms with Gasteiger partial charge in [-0.1, -0.05) is 31.8 Å². The van der Waals surface area contributed by atoms with Gasteiger partial charge in [0.05, 0.1) is 50.0 Å². The summed E-state index contributed by atoms with van der Waals surface area (Å²) in [5.74, 6) is 6.76. The highest BCUT2D eigenvalue weighted by Gasteiger charge is 2.53. The molecule has 268 valence electrons. The third kappa shape index (κ3) is 8.75. The van der Waals surface area contributed by atoms with Gasteiger partial charge < -0.3 is 44.0 Å². The van der Waals surface area contributed by atoms with Crippen LogP contribution in [0.4, 0.5) is 9.59 Å². The SMILES string of the molecule is CC(CO)(CO)COC(=O)CCCC=C1SCC2NC(=O)O[C@H]12.CC12COC(CCCC#C[C@H]3OC(=O)N4[C@H]3CSC4(C)C)(OC1)OC2. The molecular formula is C33H48N2O11S2. The first-order valence-corrected chi connectivity index (χ1v) is 18.5. The highest BCUT2D eigenvalue weighted by molar-refractivity contribution is 8.03. The number of esters is 1. The summed E-state index contributed by atoms with van der Waals surface area (Å²) in [5.41, 5.74) is -0.806. The first-order valence-electron chi connectivity index (χ1n) is 16.5. The number of hydrogen-bond donors (Lipinski definition) is 3. The van der Waals surface area contributed by atoms with Crippen LogP contribution in [0.15, 0.2) is 11.0 Å². The number of nitrogens with one attached hydrogen (secondary N) is 1. The van der Waals surface area contributed by atoms with E-state index in [1.807, 2.05) is 24.8 Å². The van der Waals surface area contributed by atoms with Crippen LogP contribution < -0.4 is 5.32 Å². The molecule has 2 amide bonds. The van der Waals surface area contributed by atoms with Crippen molar-refractivity contribution < 1.29 is 53.0 Å². The van der Waals surface area contributed by atoms with Crippen LogP contribution in [0.3, 0.4) is 0 Å². The third-order valence-corrected chi connectivity index (χ3v) is 11.8. The lowest BCUT2D eigenvalue weighted by atomic mass is 9.91. The minimum Gasteiger partial charge on any atom is -0.465 e. The molecule has 3 N–H and O–H groups in total. The van der Waals surface area contributed by atoms with Crippen molar-refractivity contribution in [2.24, 2.45) is 10.8 Å². The molecule has 15 heteroatoms. The van der Waals surface area contributed by atoms with Crippen LogP contribution in [0.1, 0.15) is 66.2 Å². The van der Waals surface area contributed by atoms with E-state index < -0.39 is 11.4 Å². The zero-order valence-corrected chi connectivity index (χ0v) is 29.8. The van der Waals surface area contributed by atoms with Crippen molar-refractivity contribution in [3.05, 3.63) is 11.0 Å². The van der Waals surface area contributed by atoms with E-state index >= 15 is 0 Å². The van der Waals surface area contributed by atoms with Gasteiger partial charge in [-0.05, 0) is 33.1 Å². The molecule has 0 radical (unpaired) electrons. The van der Waals surface area contributed by atoms with Crippen LogP contribution in [0.2, 0.25) is 0 Å². The summed E-state index contributed by atoms with van der Waals surface area (Å²) in [7, 11) is 0. The number of carbonyl (C=O) groups is 3. The van der Waals surface area contributed by atoms with Gasteiger partial charge in [0.25, 0.3) is 5.97 Å². The molecule has 0 aliphatic carbocycles. The van der Waals surface area contributed by atoms with Gasteiger partial charge in [-0.2, -0.15) is 0 Å². The van der Waals surface area contributed by atoms with E-state index in [4.69, 9.17) is 38.6 Å². The summed E-state index contributed by atoms with van der Waals surface area (Å²) < 4.78 is 33.0. The normalized spacial score (nSPS) is 33.5. The molecule has 0 aromatic carbocycles. The number of allylic oxidation sites excluding steroid dienone is 1. The molecule has 7 aliphatic rings. The van der Waals surface area contributed by atoms with Crippen LogP contribution >= 0.6 is 23.5 Å². The fourth-order valence-corrected chi connectivity index (χ4v) is 8.41. The van der Waals surface area contributed by atoms with Gasteiger partial charge in [0.2, 0.25) is 0 Å². The number of carbonyl (C=O) groups excluding carboxylic acids is 3. The Kier molecular flexibility index (Phi) is 11.9. The number of ether oxygens (including phenoxy) is 6. The first kappa shape index (κ1) is 37.1. The Labute approximate surface area is 290 Å². The number of rotatable bonds is 11. The highest BCUT2D eigenvalue weighted by atomic mass is 32.2. The highest BCUT2D eigenvalue weighted by Crippen LogP contribution is 2.44. The zero-order valence-electron chi connectivity index (χ0n) is 28.1. The summed E-state index contributed by atoms with van der Waals surface area (Å²) in [6.07, 6.45) is 4.68. The summed E-state index contributed by atoms with van der Waals surface area (Å²) in [4.78, 5) is 37.5. The summed E-state index contributed by atoms with van der Waals surface area (Å²) in [5, 5.41) is 21.0. The van der Waals surface area contributed by atoms with Crippen molar-refractivity contribution in [1.82, 2.24) is 10.2 Å². The molecule has 7 heterocycles. The fourth-order valence-electron chi connectivity index (χ4n) is 5.91. The average molecular weight is 713 g/mol. The summed E-state index contributed by atoms with van der Waals surface area (Å²) >= 11 is 3.44. The molecule has 1 unspecified atom stereocenters. The van der Waals surface area contributed by atoms with E-state index in [1.165, 1.54) is 0 Å². The molecule has 0 aromatic rings. The second-order valence-corrected chi connectivity index (χ2v) is 16.9.